The first-order valence-electron chi connectivity index (χ1n) is 6.29. The Morgan fingerprint density at radius 1 is 1.37 bits per heavy atom. The van der Waals surface area contributed by atoms with E-state index >= 15 is 0 Å². The number of nitrogens with two attached hydrogens (primary N) is 1. The molecule has 19 heavy (non-hydrogen) atoms. The minimum Gasteiger partial charge on any atom is -0.354 e. The van der Waals surface area contributed by atoms with Gasteiger partial charge in [0.2, 0.25) is 5.91 Å². The van der Waals surface area contributed by atoms with Gasteiger partial charge in [-0.1, -0.05) is 41.9 Å². The highest BCUT2D eigenvalue weighted by Gasteiger charge is 2.20. The van der Waals surface area contributed by atoms with E-state index in [9.17, 15) is 4.79 Å². The molecule has 0 heterocycles. The summed E-state index contributed by atoms with van der Waals surface area (Å²) in [6, 6.07) is 7.77. The summed E-state index contributed by atoms with van der Waals surface area (Å²) in [7, 11) is 0. The minimum absolute atomic E-state index is 0. The Morgan fingerprint density at radius 3 is 2.53 bits per heavy atom. The molecule has 0 unspecified atom stereocenters. The molecule has 1 aromatic carbocycles. The number of hydrogen-bond acceptors (Lipinski definition) is 2. The van der Waals surface area contributed by atoms with E-state index in [0.29, 0.717) is 13.0 Å². The molecule has 1 amide bonds. The molecular formula is C14H22BrClN2O. The van der Waals surface area contributed by atoms with Crippen molar-refractivity contribution < 1.29 is 4.79 Å². The highest BCUT2D eigenvalue weighted by molar-refractivity contribution is 9.10. The van der Waals surface area contributed by atoms with Gasteiger partial charge in [-0.25, -0.2) is 0 Å². The molecule has 0 saturated carbocycles. The van der Waals surface area contributed by atoms with E-state index in [1.165, 1.54) is 0 Å². The molecule has 0 spiro atoms. The van der Waals surface area contributed by atoms with Crippen molar-refractivity contribution in [3.63, 3.8) is 0 Å². The van der Waals surface area contributed by atoms with Gasteiger partial charge in [0.05, 0.1) is 6.42 Å². The van der Waals surface area contributed by atoms with Crippen molar-refractivity contribution in [2.75, 3.05) is 6.54 Å². The zero-order valence-electron chi connectivity index (χ0n) is 11.4. The van der Waals surface area contributed by atoms with E-state index in [-0.39, 0.29) is 23.9 Å². The van der Waals surface area contributed by atoms with Crippen LogP contribution < -0.4 is 11.1 Å². The fourth-order valence-corrected chi connectivity index (χ4v) is 2.12. The third-order valence-corrected chi connectivity index (χ3v) is 3.79. The molecule has 0 aliphatic carbocycles. The maximum atomic E-state index is 11.8. The van der Waals surface area contributed by atoms with Crippen molar-refractivity contribution in [1.82, 2.24) is 5.32 Å². The fraction of sp³-hybridized carbons (Fsp3) is 0.500. The Balaban J connectivity index is 0.00000324. The quantitative estimate of drug-likeness (QED) is 0.829. The predicted molar refractivity (Wildman–Crippen MR) is 85.6 cm³/mol. The van der Waals surface area contributed by atoms with Gasteiger partial charge in [-0.3, -0.25) is 4.79 Å². The Kier molecular flexibility index (Phi) is 8.30. The molecule has 0 aliphatic heterocycles. The lowest BCUT2D eigenvalue weighted by Gasteiger charge is -2.26. The van der Waals surface area contributed by atoms with Crippen molar-refractivity contribution in [2.45, 2.75) is 38.6 Å². The molecule has 0 bridgehead atoms. The van der Waals surface area contributed by atoms with E-state index in [4.69, 9.17) is 5.73 Å². The van der Waals surface area contributed by atoms with Crippen LogP contribution in [0.5, 0.6) is 0 Å². The minimum atomic E-state index is -0.285. The van der Waals surface area contributed by atoms with E-state index in [0.717, 1.165) is 22.9 Å². The van der Waals surface area contributed by atoms with Gasteiger partial charge >= 0.3 is 0 Å². The van der Waals surface area contributed by atoms with Gasteiger partial charge in [0, 0.05) is 16.6 Å². The van der Waals surface area contributed by atoms with Crippen molar-refractivity contribution >= 4 is 34.2 Å². The summed E-state index contributed by atoms with van der Waals surface area (Å²) in [5.41, 5.74) is 6.85. The Morgan fingerprint density at radius 2 is 2.00 bits per heavy atom. The topological polar surface area (TPSA) is 55.1 Å². The summed E-state index contributed by atoms with van der Waals surface area (Å²) in [5, 5.41) is 2.91. The second-order valence-corrected chi connectivity index (χ2v) is 5.57. The molecule has 0 atom stereocenters. The molecule has 108 valence electrons. The molecular weight excluding hydrogens is 328 g/mol. The van der Waals surface area contributed by atoms with Gasteiger partial charge in [0.15, 0.2) is 0 Å². The third kappa shape index (κ3) is 6.41. The average Bonchev–Trinajstić information content (AvgIpc) is 2.36. The zero-order valence-corrected chi connectivity index (χ0v) is 13.8. The number of benzene rings is 1. The Bertz CT molecular complexity index is 408. The van der Waals surface area contributed by atoms with Crippen molar-refractivity contribution in [1.29, 1.82) is 0 Å². The van der Waals surface area contributed by atoms with E-state index < -0.39 is 0 Å². The number of rotatable bonds is 6. The fourth-order valence-electron chi connectivity index (χ4n) is 1.67. The number of carbonyl (C=O) groups excluding carboxylic acids is 1. The first-order chi connectivity index (χ1) is 8.49. The molecule has 0 saturated heterocycles. The van der Waals surface area contributed by atoms with Crippen LogP contribution in [-0.4, -0.2) is 18.0 Å². The summed E-state index contributed by atoms with van der Waals surface area (Å²) in [6.45, 7) is 4.63. The van der Waals surface area contributed by atoms with Crippen LogP contribution in [0.2, 0.25) is 0 Å². The SMILES string of the molecule is CCC(N)(CC)CNC(=O)Cc1cccc(Br)c1.Cl. The van der Waals surface area contributed by atoms with Crippen molar-refractivity contribution in [3.05, 3.63) is 34.3 Å². The monoisotopic (exact) mass is 348 g/mol. The lowest BCUT2D eigenvalue weighted by Crippen LogP contribution is -2.49. The van der Waals surface area contributed by atoms with Crippen LogP contribution in [0.25, 0.3) is 0 Å². The lowest BCUT2D eigenvalue weighted by atomic mass is 9.94. The zero-order chi connectivity index (χ0) is 13.6. The molecule has 0 fully saturated rings. The van der Waals surface area contributed by atoms with Gasteiger partial charge in [-0.05, 0) is 30.5 Å². The highest BCUT2D eigenvalue weighted by atomic mass is 79.9. The van der Waals surface area contributed by atoms with Crippen LogP contribution in [-0.2, 0) is 11.2 Å². The second-order valence-electron chi connectivity index (χ2n) is 4.65. The highest BCUT2D eigenvalue weighted by Crippen LogP contribution is 2.12. The molecule has 5 heteroatoms. The summed E-state index contributed by atoms with van der Waals surface area (Å²) in [4.78, 5) is 11.8. The van der Waals surface area contributed by atoms with E-state index in [2.05, 4.69) is 21.2 Å². The van der Waals surface area contributed by atoms with Crippen LogP contribution >= 0.6 is 28.3 Å². The van der Waals surface area contributed by atoms with E-state index in [1.54, 1.807) is 0 Å². The molecule has 0 aromatic heterocycles. The van der Waals surface area contributed by atoms with Gasteiger partial charge in [-0.2, -0.15) is 0 Å². The van der Waals surface area contributed by atoms with Crippen LogP contribution in [0.3, 0.4) is 0 Å². The first-order valence-corrected chi connectivity index (χ1v) is 7.08. The summed E-state index contributed by atoms with van der Waals surface area (Å²) < 4.78 is 0.989. The van der Waals surface area contributed by atoms with Gasteiger partial charge in [-0.15, -0.1) is 12.4 Å². The standard InChI is InChI=1S/C14H21BrN2O.ClH/c1-3-14(16,4-2)10-17-13(18)9-11-6-5-7-12(15)8-11;/h5-8H,3-4,9-10,16H2,1-2H3,(H,17,18);1H. The third-order valence-electron chi connectivity index (χ3n) is 3.30. The van der Waals surface area contributed by atoms with Gasteiger partial charge in [0.1, 0.15) is 0 Å². The largest absolute Gasteiger partial charge is 0.354 e. The van der Waals surface area contributed by atoms with Crippen molar-refractivity contribution in [2.24, 2.45) is 5.73 Å². The first kappa shape index (κ1) is 18.4. The Labute approximate surface area is 129 Å². The van der Waals surface area contributed by atoms with E-state index in [1.807, 2.05) is 38.1 Å². The van der Waals surface area contributed by atoms with Crippen LogP contribution in [0.4, 0.5) is 0 Å². The maximum Gasteiger partial charge on any atom is 0.224 e. The predicted octanol–water partition coefficient (Wildman–Crippen LogP) is 3.05. The van der Waals surface area contributed by atoms with Crippen LogP contribution in [0.1, 0.15) is 32.3 Å². The second kappa shape index (κ2) is 8.56. The van der Waals surface area contributed by atoms with Crippen molar-refractivity contribution in [3.8, 4) is 0 Å². The number of halogens is 2. The summed E-state index contributed by atoms with van der Waals surface area (Å²) in [5.74, 6) is 0.0184. The van der Waals surface area contributed by atoms with Gasteiger partial charge < -0.3 is 11.1 Å². The summed E-state index contributed by atoms with van der Waals surface area (Å²) >= 11 is 3.39. The molecule has 3 N–H and O–H groups in total. The molecule has 1 aromatic rings. The maximum absolute atomic E-state index is 11.8. The smallest absolute Gasteiger partial charge is 0.224 e. The van der Waals surface area contributed by atoms with Gasteiger partial charge in [0.25, 0.3) is 0 Å². The lowest BCUT2D eigenvalue weighted by molar-refractivity contribution is -0.120. The number of hydrogen-bond donors (Lipinski definition) is 2. The molecule has 0 aliphatic rings. The van der Waals surface area contributed by atoms with Crippen LogP contribution in [0, 0.1) is 0 Å². The normalized spacial score (nSPS) is 10.7. The summed E-state index contributed by atoms with van der Waals surface area (Å²) in [6.07, 6.45) is 2.12. The average molecular weight is 350 g/mol. The number of carbonyl (C=O) groups is 1. The number of amides is 1. The molecule has 1 rings (SSSR count). The molecule has 3 nitrogen and oxygen atoms in total. The number of nitrogens with one attached hydrogen (secondary N) is 1. The Hall–Kier alpha value is -0.580. The van der Waals surface area contributed by atoms with Crippen LogP contribution in [0.15, 0.2) is 28.7 Å². The molecule has 0 radical (unpaired) electrons.